The first-order valence-corrected chi connectivity index (χ1v) is 7.48. The topological polar surface area (TPSA) is 9.23 Å². The molecule has 0 heterocycles. The third-order valence-corrected chi connectivity index (χ3v) is 4.25. The number of hydrogen-bond acceptors (Lipinski definition) is 1. The molecule has 0 amide bonds. The quantitative estimate of drug-likeness (QED) is 0.657. The molecule has 0 bridgehead atoms. The first-order chi connectivity index (χ1) is 9.63. The smallest absolute Gasteiger partial charge is 0.0864 e. The van der Waals surface area contributed by atoms with Crippen LogP contribution in [0.25, 0.3) is 0 Å². The van der Waals surface area contributed by atoms with Crippen LogP contribution in [0.15, 0.2) is 42.5 Å². The summed E-state index contributed by atoms with van der Waals surface area (Å²) in [5, 5.41) is 0.814. The highest BCUT2D eigenvalue weighted by Crippen LogP contribution is 2.38. The number of halogens is 3. The maximum Gasteiger partial charge on any atom is 0.0864 e. The fraction of sp³-hybridized carbons (Fsp3) is 0.250. The second-order valence-corrected chi connectivity index (χ2v) is 5.73. The normalized spacial score (nSPS) is 12.4. The maximum atomic E-state index is 6.51. The highest BCUT2D eigenvalue weighted by atomic mass is 35.5. The molecule has 0 aromatic heterocycles. The van der Waals surface area contributed by atoms with Crippen LogP contribution in [0.4, 0.5) is 0 Å². The number of hydrogen-bond donors (Lipinski definition) is 0. The third kappa shape index (κ3) is 3.67. The van der Waals surface area contributed by atoms with Gasteiger partial charge in [0.2, 0.25) is 0 Å². The van der Waals surface area contributed by atoms with E-state index in [1.807, 2.05) is 18.2 Å². The zero-order valence-corrected chi connectivity index (χ0v) is 13.3. The van der Waals surface area contributed by atoms with E-state index in [0.29, 0.717) is 16.7 Å². The van der Waals surface area contributed by atoms with Gasteiger partial charge in [-0.2, -0.15) is 0 Å². The zero-order chi connectivity index (χ0) is 14.5. The van der Waals surface area contributed by atoms with Crippen LogP contribution < -0.4 is 0 Å². The molecule has 0 fully saturated rings. The molecule has 20 heavy (non-hydrogen) atoms. The fourth-order valence-electron chi connectivity index (χ4n) is 1.99. The molecule has 1 unspecified atom stereocenters. The lowest BCUT2D eigenvalue weighted by atomic mass is 10.0. The average molecular weight is 330 g/mol. The van der Waals surface area contributed by atoms with Crippen molar-refractivity contribution >= 4 is 34.8 Å². The van der Waals surface area contributed by atoms with E-state index >= 15 is 0 Å². The second kappa shape index (κ2) is 7.33. The van der Waals surface area contributed by atoms with Gasteiger partial charge in [0.25, 0.3) is 0 Å². The molecule has 2 aromatic carbocycles. The average Bonchev–Trinajstić information content (AvgIpc) is 2.45. The van der Waals surface area contributed by atoms with Gasteiger partial charge in [-0.25, -0.2) is 0 Å². The van der Waals surface area contributed by atoms with E-state index in [-0.39, 0.29) is 5.38 Å². The summed E-state index contributed by atoms with van der Waals surface area (Å²) >= 11 is 18.9. The Morgan fingerprint density at radius 2 is 1.60 bits per heavy atom. The molecule has 0 aliphatic rings. The van der Waals surface area contributed by atoms with Crippen molar-refractivity contribution < 1.29 is 4.74 Å². The molecule has 4 heteroatoms. The standard InChI is InChI=1S/C16H15Cl3O/c1-20-10-9-11-5-7-12(8-6-11)16(19)15-13(17)3-2-4-14(15)18/h2-8,16H,9-10H2,1H3. The van der Waals surface area contributed by atoms with Crippen LogP contribution in [0.2, 0.25) is 10.0 Å². The van der Waals surface area contributed by atoms with Gasteiger partial charge in [-0.05, 0) is 29.7 Å². The molecule has 0 saturated carbocycles. The molecule has 1 atom stereocenters. The van der Waals surface area contributed by atoms with Gasteiger partial charge in [0.15, 0.2) is 0 Å². The molecule has 0 aliphatic carbocycles. The molecular formula is C16H15Cl3O. The summed E-state index contributed by atoms with van der Waals surface area (Å²) in [6.07, 6.45) is 0.885. The summed E-state index contributed by atoms with van der Waals surface area (Å²) in [5.41, 5.74) is 2.94. The lowest BCUT2D eigenvalue weighted by Crippen LogP contribution is -1.98. The number of ether oxygens (including phenoxy) is 1. The van der Waals surface area contributed by atoms with Gasteiger partial charge in [-0.15, -0.1) is 11.6 Å². The van der Waals surface area contributed by atoms with Gasteiger partial charge in [0.05, 0.1) is 12.0 Å². The maximum absolute atomic E-state index is 6.51. The summed E-state index contributed by atoms with van der Waals surface area (Å²) in [5.74, 6) is 0. The van der Waals surface area contributed by atoms with Gasteiger partial charge in [0, 0.05) is 22.7 Å². The Kier molecular flexibility index (Phi) is 5.74. The predicted molar refractivity (Wildman–Crippen MR) is 86.2 cm³/mol. The Balaban J connectivity index is 2.23. The van der Waals surface area contributed by atoms with Crippen LogP contribution >= 0.6 is 34.8 Å². The highest BCUT2D eigenvalue weighted by molar-refractivity contribution is 6.38. The molecule has 106 valence electrons. The van der Waals surface area contributed by atoms with Crippen molar-refractivity contribution in [2.24, 2.45) is 0 Å². The summed E-state index contributed by atoms with van der Waals surface area (Å²) < 4.78 is 5.06. The first kappa shape index (κ1) is 15.7. The largest absolute Gasteiger partial charge is 0.384 e. The van der Waals surface area contributed by atoms with E-state index in [4.69, 9.17) is 39.5 Å². The van der Waals surface area contributed by atoms with Crippen LogP contribution in [0.5, 0.6) is 0 Å². The molecule has 1 nitrogen and oxygen atoms in total. The van der Waals surface area contributed by atoms with Crippen LogP contribution in [-0.2, 0) is 11.2 Å². The monoisotopic (exact) mass is 328 g/mol. The van der Waals surface area contributed by atoms with Crippen molar-refractivity contribution in [2.75, 3.05) is 13.7 Å². The molecular weight excluding hydrogens is 315 g/mol. The molecule has 0 aliphatic heterocycles. The van der Waals surface area contributed by atoms with E-state index in [1.165, 1.54) is 5.56 Å². The summed E-state index contributed by atoms with van der Waals surface area (Å²) in [7, 11) is 1.70. The Morgan fingerprint density at radius 1 is 1.00 bits per heavy atom. The second-order valence-electron chi connectivity index (χ2n) is 4.48. The van der Waals surface area contributed by atoms with Gasteiger partial charge >= 0.3 is 0 Å². The van der Waals surface area contributed by atoms with Gasteiger partial charge in [-0.3, -0.25) is 0 Å². The van der Waals surface area contributed by atoms with Gasteiger partial charge < -0.3 is 4.74 Å². The number of alkyl halides is 1. The SMILES string of the molecule is COCCc1ccc(C(Cl)c2c(Cl)cccc2Cl)cc1. The predicted octanol–water partition coefficient (Wildman–Crippen LogP) is 5.51. The number of benzene rings is 2. The number of methoxy groups -OCH3 is 1. The van der Waals surface area contributed by atoms with Gasteiger partial charge in [0.1, 0.15) is 0 Å². The summed E-state index contributed by atoms with van der Waals surface area (Å²) in [4.78, 5) is 0. The lowest BCUT2D eigenvalue weighted by Gasteiger charge is -2.14. The Hall–Kier alpha value is -0.730. The van der Waals surface area contributed by atoms with Crippen molar-refractivity contribution in [1.29, 1.82) is 0 Å². The Labute approximate surface area is 134 Å². The minimum absolute atomic E-state index is 0.354. The minimum atomic E-state index is -0.354. The van der Waals surface area contributed by atoms with Crippen LogP contribution in [0.3, 0.4) is 0 Å². The summed E-state index contributed by atoms with van der Waals surface area (Å²) in [6.45, 7) is 0.708. The van der Waals surface area contributed by atoms with Crippen LogP contribution in [-0.4, -0.2) is 13.7 Å². The van der Waals surface area contributed by atoms with E-state index in [2.05, 4.69) is 12.1 Å². The fourth-order valence-corrected chi connectivity index (χ4v) is 3.10. The van der Waals surface area contributed by atoms with E-state index in [9.17, 15) is 0 Å². The van der Waals surface area contributed by atoms with Crippen LogP contribution in [0.1, 0.15) is 22.1 Å². The minimum Gasteiger partial charge on any atom is -0.384 e. The van der Waals surface area contributed by atoms with Gasteiger partial charge in [-0.1, -0.05) is 53.5 Å². The van der Waals surface area contributed by atoms with Crippen LogP contribution in [0, 0.1) is 0 Å². The van der Waals surface area contributed by atoms with E-state index < -0.39 is 0 Å². The van der Waals surface area contributed by atoms with E-state index in [0.717, 1.165) is 17.5 Å². The Morgan fingerprint density at radius 3 is 2.15 bits per heavy atom. The molecule has 0 saturated heterocycles. The van der Waals surface area contributed by atoms with Crippen molar-refractivity contribution in [1.82, 2.24) is 0 Å². The number of rotatable bonds is 5. The molecule has 0 radical (unpaired) electrons. The molecule has 2 aromatic rings. The third-order valence-electron chi connectivity index (χ3n) is 3.12. The van der Waals surface area contributed by atoms with Crippen molar-refractivity contribution in [3.63, 3.8) is 0 Å². The van der Waals surface area contributed by atoms with Crippen molar-refractivity contribution in [2.45, 2.75) is 11.8 Å². The molecule has 0 spiro atoms. The first-order valence-electron chi connectivity index (χ1n) is 6.29. The Bertz CT molecular complexity index is 546. The highest BCUT2D eigenvalue weighted by Gasteiger charge is 2.17. The molecule has 0 N–H and O–H groups in total. The lowest BCUT2D eigenvalue weighted by molar-refractivity contribution is 0.202. The summed E-state index contributed by atoms with van der Waals surface area (Å²) in [6, 6.07) is 13.5. The zero-order valence-electron chi connectivity index (χ0n) is 11.1. The van der Waals surface area contributed by atoms with E-state index in [1.54, 1.807) is 19.2 Å². The molecule has 2 rings (SSSR count). The van der Waals surface area contributed by atoms with Crippen molar-refractivity contribution in [3.8, 4) is 0 Å². The van der Waals surface area contributed by atoms with Crippen molar-refractivity contribution in [3.05, 3.63) is 69.2 Å².